The van der Waals surface area contributed by atoms with Crippen molar-refractivity contribution in [2.45, 2.75) is 50.9 Å². The predicted octanol–water partition coefficient (Wildman–Crippen LogP) is 2.02. The molecule has 0 aromatic rings. The number of hydrogen-bond acceptors (Lipinski definition) is 1. The van der Waals surface area contributed by atoms with Crippen LogP contribution in [0.3, 0.4) is 0 Å². The molecule has 2 heteroatoms. The lowest BCUT2D eigenvalue weighted by Crippen LogP contribution is -2.22. The summed E-state index contributed by atoms with van der Waals surface area (Å²) >= 11 is 0. The highest BCUT2D eigenvalue weighted by Crippen LogP contribution is 2.27. The first-order valence-corrected chi connectivity index (χ1v) is 7.99. The average molecular weight is 172 g/mol. The van der Waals surface area contributed by atoms with Gasteiger partial charge in [-0.15, -0.1) is 0 Å². The van der Waals surface area contributed by atoms with Crippen molar-refractivity contribution in [2.24, 2.45) is 5.92 Å². The summed E-state index contributed by atoms with van der Waals surface area (Å²) < 4.78 is 0. The van der Waals surface area contributed by atoms with Crippen LogP contribution in [0.1, 0.15) is 25.7 Å². The molecular weight excluding hydrogens is 152 g/mol. The Hall–Kier alpha value is 0.177. The molecule has 2 unspecified atom stereocenters. The van der Waals surface area contributed by atoms with Gasteiger partial charge in [-0.3, -0.25) is 0 Å². The minimum Gasteiger partial charge on any atom is -0.393 e. The van der Waals surface area contributed by atoms with Gasteiger partial charge in [0, 0.05) is 8.80 Å². The number of hydrogen-bond donors (Lipinski definition) is 1. The first-order valence-electron chi connectivity index (χ1n) is 4.86. The molecule has 0 aliphatic heterocycles. The molecule has 0 bridgehead atoms. The molecule has 66 valence electrons. The molecule has 1 aliphatic rings. The highest BCUT2D eigenvalue weighted by atomic mass is 28.3. The van der Waals surface area contributed by atoms with Crippen molar-refractivity contribution >= 4 is 8.80 Å². The van der Waals surface area contributed by atoms with Gasteiger partial charge in [-0.2, -0.15) is 0 Å². The maximum atomic E-state index is 9.41. The lowest BCUT2D eigenvalue weighted by Gasteiger charge is -2.26. The summed E-state index contributed by atoms with van der Waals surface area (Å²) in [6, 6.07) is 1.44. The van der Waals surface area contributed by atoms with Crippen molar-refractivity contribution in [3.05, 3.63) is 0 Å². The monoisotopic (exact) mass is 172 g/mol. The second-order valence-electron chi connectivity index (χ2n) is 4.32. The Morgan fingerprint density at radius 1 is 1.36 bits per heavy atom. The predicted molar refractivity (Wildman–Crippen MR) is 51.6 cm³/mol. The molecule has 0 heterocycles. The largest absolute Gasteiger partial charge is 0.393 e. The van der Waals surface area contributed by atoms with Crippen molar-refractivity contribution in [1.29, 1.82) is 0 Å². The summed E-state index contributed by atoms with van der Waals surface area (Å²) in [5.74, 6) is 0.866. The molecule has 1 fully saturated rings. The van der Waals surface area contributed by atoms with Gasteiger partial charge in [0.05, 0.1) is 6.10 Å². The van der Waals surface area contributed by atoms with E-state index in [1.54, 1.807) is 0 Å². The topological polar surface area (TPSA) is 20.2 Å². The van der Waals surface area contributed by atoms with Crippen molar-refractivity contribution in [1.82, 2.24) is 0 Å². The maximum Gasteiger partial charge on any atom is 0.0542 e. The minimum absolute atomic E-state index is 0.0292. The highest BCUT2D eigenvalue weighted by Gasteiger charge is 2.20. The smallest absolute Gasteiger partial charge is 0.0542 e. The molecule has 0 radical (unpaired) electrons. The molecule has 0 aromatic heterocycles. The molecule has 1 N–H and O–H groups in total. The van der Waals surface area contributed by atoms with Crippen molar-refractivity contribution in [2.75, 3.05) is 0 Å². The van der Waals surface area contributed by atoms with E-state index < -0.39 is 0 Å². The zero-order valence-electron chi connectivity index (χ0n) is 7.71. The lowest BCUT2D eigenvalue weighted by molar-refractivity contribution is 0.106. The van der Waals surface area contributed by atoms with E-state index in [0.29, 0.717) is 0 Å². The Kier molecular flexibility index (Phi) is 3.59. The van der Waals surface area contributed by atoms with Crippen LogP contribution in [0.25, 0.3) is 0 Å². The number of aliphatic hydroxyl groups is 1. The van der Waals surface area contributed by atoms with Crippen LogP contribution >= 0.6 is 0 Å². The van der Waals surface area contributed by atoms with Gasteiger partial charge in [0.1, 0.15) is 0 Å². The van der Waals surface area contributed by atoms with Gasteiger partial charge in [0.15, 0.2) is 0 Å². The fourth-order valence-corrected chi connectivity index (χ4v) is 3.90. The summed E-state index contributed by atoms with van der Waals surface area (Å²) in [5, 5.41) is 9.41. The van der Waals surface area contributed by atoms with E-state index in [-0.39, 0.29) is 14.9 Å². The molecule has 0 aromatic carbocycles. The molecule has 0 saturated heterocycles. The number of aliphatic hydroxyl groups excluding tert-OH is 1. The Morgan fingerprint density at radius 2 is 2.09 bits per heavy atom. The van der Waals surface area contributed by atoms with E-state index in [2.05, 4.69) is 13.1 Å². The van der Waals surface area contributed by atoms with Gasteiger partial charge >= 0.3 is 0 Å². The lowest BCUT2D eigenvalue weighted by atomic mass is 9.89. The Labute approximate surface area is 71.4 Å². The van der Waals surface area contributed by atoms with Crippen molar-refractivity contribution < 1.29 is 5.11 Å². The van der Waals surface area contributed by atoms with E-state index in [9.17, 15) is 5.11 Å². The summed E-state index contributed by atoms with van der Waals surface area (Å²) in [6.45, 7) is 4.81. The summed E-state index contributed by atoms with van der Waals surface area (Å²) in [4.78, 5) is 0. The van der Waals surface area contributed by atoms with Gasteiger partial charge in [0.2, 0.25) is 0 Å². The highest BCUT2D eigenvalue weighted by molar-refractivity contribution is 6.55. The fraction of sp³-hybridized carbons (Fsp3) is 1.00. The molecule has 1 rings (SSSR count). The molecule has 1 nitrogen and oxygen atoms in total. The van der Waals surface area contributed by atoms with Gasteiger partial charge in [-0.25, -0.2) is 0 Å². The first-order chi connectivity index (χ1) is 5.18. The second-order valence-corrected chi connectivity index (χ2v) is 7.58. The quantitative estimate of drug-likeness (QED) is 0.632. The van der Waals surface area contributed by atoms with Crippen LogP contribution in [0.15, 0.2) is 0 Å². The Balaban J connectivity index is 2.23. The first kappa shape index (κ1) is 9.27. The third kappa shape index (κ3) is 3.39. The van der Waals surface area contributed by atoms with E-state index in [0.717, 1.165) is 18.8 Å². The van der Waals surface area contributed by atoms with E-state index in [4.69, 9.17) is 0 Å². The van der Waals surface area contributed by atoms with Gasteiger partial charge < -0.3 is 5.11 Å². The van der Waals surface area contributed by atoms with Gasteiger partial charge in [0.25, 0.3) is 0 Å². The molecule has 0 amide bonds. The average Bonchev–Trinajstić information content (AvgIpc) is 1.85. The van der Waals surface area contributed by atoms with Gasteiger partial charge in [-0.05, 0) is 18.8 Å². The van der Waals surface area contributed by atoms with Crippen LogP contribution in [0, 0.1) is 5.92 Å². The summed E-state index contributed by atoms with van der Waals surface area (Å²) in [7, 11) is -0.382. The van der Waals surface area contributed by atoms with Crippen LogP contribution in [0.2, 0.25) is 19.1 Å². The van der Waals surface area contributed by atoms with Crippen LogP contribution < -0.4 is 0 Å². The SMILES string of the molecule is C[SiH](C)CC1CCCC(O)C1. The summed E-state index contributed by atoms with van der Waals surface area (Å²) in [5.41, 5.74) is 0. The standard InChI is InChI=1S/C9H20OSi/c1-11(2)7-8-4-3-5-9(10)6-8/h8-11H,3-7H2,1-2H3. The van der Waals surface area contributed by atoms with Crippen LogP contribution in [-0.4, -0.2) is 20.0 Å². The van der Waals surface area contributed by atoms with E-state index in [1.807, 2.05) is 0 Å². The third-order valence-electron chi connectivity index (χ3n) is 2.56. The van der Waals surface area contributed by atoms with Crippen molar-refractivity contribution in [3.63, 3.8) is 0 Å². The van der Waals surface area contributed by atoms with E-state index >= 15 is 0 Å². The zero-order valence-corrected chi connectivity index (χ0v) is 8.87. The molecule has 11 heavy (non-hydrogen) atoms. The molecular formula is C9H20OSi. The molecule has 1 aliphatic carbocycles. The van der Waals surface area contributed by atoms with E-state index in [1.165, 1.54) is 18.9 Å². The Morgan fingerprint density at radius 3 is 2.64 bits per heavy atom. The normalized spacial score (nSPS) is 32.7. The van der Waals surface area contributed by atoms with Crippen molar-refractivity contribution in [3.8, 4) is 0 Å². The Bertz CT molecular complexity index is 112. The van der Waals surface area contributed by atoms with Crippen LogP contribution in [-0.2, 0) is 0 Å². The third-order valence-corrected chi connectivity index (χ3v) is 4.17. The maximum absolute atomic E-state index is 9.41. The second kappa shape index (κ2) is 4.26. The zero-order chi connectivity index (χ0) is 8.27. The van der Waals surface area contributed by atoms with Gasteiger partial charge in [-0.1, -0.05) is 32.0 Å². The van der Waals surface area contributed by atoms with Crippen LogP contribution in [0.5, 0.6) is 0 Å². The fourth-order valence-electron chi connectivity index (χ4n) is 2.14. The molecule has 1 saturated carbocycles. The molecule has 2 atom stereocenters. The minimum atomic E-state index is -0.382. The summed E-state index contributed by atoms with van der Waals surface area (Å²) in [6.07, 6.45) is 4.80. The number of rotatable bonds is 2. The molecule has 0 spiro atoms. The van der Waals surface area contributed by atoms with Crippen LogP contribution in [0.4, 0.5) is 0 Å².